The molecule has 1 amide bonds. The number of halogens is 1. The predicted molar refractivity (Wildman–Crippen MR) is 121 cm³/mol. The molecule has 0 spiro atoms. The van der Waals surface area contributed by atoms with Crippen molar-refractivity contribution in [3.63, 3.8) is 0 Å². The van der Waals surface area contributed by atoms with Crippen LogP contribution in [0.5, 0.6) is 0 Å². The van der Waals surface area contributed by atoms with Crippen molar-refractivity contribution in [2.24, 2.45) is 18.9 Å². The van der Waals surface area contributed by atoms with Crippen LogP contribution in [0.1, 0.15) is 51.0 Å². The van der Waals surface area contributed by atoms with Crippen molar-refractivity contribution in [3.8, 4) is 0 Å². The second kappa shape index (κ2) is 10.6. The number of nitrogens with zero attached hydrogens (tertiary/aromatic N) is 3. The number of amides is 1. The van der Waals surface area contributed by atoms with E-state index in [1.807, 2.05) is 0 Å². The molecule has 2 atom stereocenters. The molecular formula is C23H33FN4O3S. The largest absolute Gasteiger partial charge is 0.356 e. The Labute approximate surface area is 190 Å². The van der Waals surface area contributed by atoms with Crippen molar-refractivity contribution in [3.05, 3.63) is 48.2 Å². The predicted octanol–water partition coefficient (Wildman–Crippen LogP) is 3.30. The smallest absolute Gasteiger partial charge is 0.262 e. The number of imidazole rings is 1. The highest BCUT2D eigenvalue weighted by atomic mass is 32.2. The fourth-order valence-corrected chi connectivity index (χ4v) is 5.59. The van der Waals surface area contributed by atoms with Crippen molar-refractivity contribution in [2.75, 3.05) is 19.6 Å². The summed E-state index contributed by atoms with van der Waals surface area (Å²) in [5.41, 5.74) is 0.752. The zero-order valence-electron chi connectivity index (χ0n) is 19.0. The molecule has 0 radical (unpaired) electrons. The minimum absolute atomic E-state index is 0.0379. The van der Waals surface area contributed by atoms with Gasteiger partial charge in [0.2, 0.25) is 5.91 Å². The van der Waals surface area contributed by atoms with Gasteiger partial charge in [-0.2, -0.15) is 4.31 Å². The molecule has 1 aromatic carbocycles. The summed E-state index contributed by atoms with van der Waals surface area (Å²) in [6.45, 7) is 5.18. The van der Waals surface area contributed by atoms with Gasteiger partial charge in [-0.15, -0.1) is 0 Å². The number of hydrogen-bond donors (Lipinski definition) is 1. The third-order valence-electron chi connectivity index (χ3n) is 5.96. The molecule has 176 valence electrons. The molecular weight excluding hydrogens is 431 g/mol. The van der Waals surface area contributed by atoms with Gasteiger partial charge in [-0.25, -0.2) is 17.8 Å². The van der Waals surface area contributed by atoms with Crippen LogP contribution in [0.25, 0.3) is 0 Å². The average Bonchev–Trinajstić information content (AvgIpc) is 3.38. The van der Waals surface area contributed by atoms with Crippen LogP contribution < -0.4 is 5.32 Å². The van der Waals surface area contributed by atoms with Crippen LogP contribution in [0.15, 0.2) is 41.8 Å². The summed E-state index contributed by atoms with van der Waals surface area (Å²) in [5.74, 6) is -0.759. The first-order chi connectivity index (χ1) is 15.2. The number of rotatable bonds is 10. The molecule has 1 saturated heterocycles. The average molecular weight is 465 g/mol. The normalized spacial score (nSPS) is 19.5. The van der Waals surface area contributed by atoms with Crippen LogP contribution in [-0.4, -0.2) is 47.8 Å². The maximum absolute atomic E-state index is 13.4. The van der Waals surface area contributed by atoms with E-state index in [0.29, 0.717) is 12.5 Å². The standard InChI is InChI=1S/C23H33FN4O3S/c1-17(2)7-5-4-6-12-25-23(29)21-14-28(32(30,31)22-15-27(3)16-26-22)13-20(21)18-8-10-19(24)11-9-18/h8-11,15-17,20-21H,4-7,12-14H2,1-3H3,(H,25,29). The SMILES string of the molecule is CC(C)CCCCCNC(=O)C1CN(S(=O)(=O)c2cn(C)cn2)CC1c1ccc(F)cc1. The van der Waals surface area contributed by atoms with Crippen molar-refractivity contribution in [1.29, 1.82) is 0 Å². The van der Waals surface area contributed by atoms with Gasteiger partial charge in [0.25, 0.3) is 10.0 Å². The van der Waals surface area contributed by atoms with E-state index in [9.17, 15) is 17.6 Å². The number of hydrogen-bond acceptors (Lipinski definition) is 4. The van der Waals surface area contributed by atoms with Crippen molar-refractivity contribution in [1.82, 2.24) is 19.2 Å². The lowest BCUT2D eigenvalue weighted by atomic mass is 9.88. The topological polar surface area (TPSA) is 84.3 Å². The summed E-state index contributed by atoms with van der Waals surface area (Å²) in [6, 6.07) is 5.94. The zero-order chi connectivity index (χ0) is 23.3. The Morgan fingerprint density at radius 3 is 2.53 bits per heavy atom. The Hall–Kier alpha value is -2.26. The van der Waals surface area contributed by atoms with Gasteiger partial charge < -0.3 is 9.88 Å². The molecule has 9 heteroatoms. The number of benzene rings is 1. The molecule has 2 heterocycles. The first kappa shape index (κ1) is 24.4. The molecule has 1 aromatic heterocycles. The summed E-state index contributed by atoms with van der Waals surface area (Å²) in [5, 5.41) is 2.95. The molecule has 32 heavy (non-hydrogen) atoms. The van der Waals surface area contributed by atoms with E-state index in [1.165, 1.54) is 35.4 Å². The van der Waals surface area contributed by atoms with E-state index < -0.39 is 15.9 Å². The van der Waals surface area contributed by atoms with Crippen molar-refractivity contribution in [2.45, 2.75) is 50.5 Å². The number of aromatic nitrogens is 2. The molecule has 2 aromatic rings. The highest BCUT2D eigenvalue weighted by Gasteiger charge is 2.44. The summed E-state index contributed by atoms with van der Waals surface area (Å²) in [6.07, 6.45) is 7.12. The fourth-order valence-electron chi connectivity index (χ4n) is 4.13. The van der Waals surface area contributed by atoms with Crippen LogP contribution in [-0.2, 0) is 21.9 Å². The van der Waals surface area contributed by atoms with Gasteiger partial charge in [-0.1, -0.05) is 45.2 Å². The van der Waals surface area contributed by atoms with Crippen LogP contribution >= 0.6 is 0 Å². The summed E-state index contributed by atoms with van der Waals surface area (Å²) in [4.78, 5) is 17.0. The maximum Gasteiger partial charge on any atom is 0.262 e. The zero-order valence-corrected chi connectivity index (χ0v) is 19.8. The lowest BCUT2D eigenvalue weighted by Crippen LogP contribution is -2.36. The molecule has 0 aliphatic carbocycles. The minimum atomic E-state index is -3.83. The van der Waals surface area contributed by atoms with Gasteiger partial charge in [0.05, 0.1) is 12.2 Å². The number of aryl methyl sites for hydroxylation is 1. The molecule has 2 unspecified atom stereocenters. The number of nitrogens with one attached hydrogen (secondary N) is 1. The molecule has 1 fully saturated rings. The van der Waals surface area contributed by atoms with Crippen LogP contribution in [0, 0.1) is 17.7 Å². The monoisotopic (exact) mass is 464 g/mol. The van der Waals surface area contributed by atoms with Crippen molar-refractivity contribution >= 4 is 15.9 Å². The first-order valence-corrected chi connectivity index (χ1v) is 12.6. The van der Waals surface area contributed by atoms with Gasteiger partial charge in [-0.3, -0.25) is 4.79 Å². The number of sulfonamides is 1. The van der Waals surface area contributed by atoms with E-state index in [2.05, 4.69) is 24.1 Å². The first-order valence-electron chi connectivity index (χ1n) is 11.2. The van der Waals surface area contributed by atoms with Crippen LogP contribution in [0.2, 0.25) is 0 Å². The van der Waals surface area contributed by atoms with E-state index in [1.54, 1.807) is 23.7 Å². The van der Waals surface area contributed by atoms with Gasteiger partial charge in [0.15, 0.2) is 5.03 Å². The Morgan fingerprint density at radius 2 is 1.91 bits per heavy atom. The Kier molecular flexibility index (Phi) is 8.05. The Balaban J connectivity index is 1.71. The lowest BCUT2D eigenvalue weighted by Gasteiger charge is -2.18. The third kappa shape index (κ3) is 5.95. The number of unbranched alkanes of at least 4 members (excludes halogenated alkanes) is 2. The minimum Gasteiger partial charge on any atom is -0.356 e. The molecule has 3 rings (SSSR count). The maximum atomic E-state index is 13.4. The summed E-state index contributed by atoms with van der Waals surface area (Å²) >= 11 is 0. The highest BCUT2D eigenvalue weighted by Crippen LogP contribution is 2.35. The second-order valence-electron chi connectivity index (χ2n) is 9.00. The fraction of sp³-hybridized carbons (Fsp3) is 0.565. The molecule has 1 aliphatic heterocycles. The summed E-state index contributed by atoms with van der Waals surface area (Å²) in [7, 11) is -2.12. The van der Waals surface area contributed by atoms with Gasteiger partial charge in [-0.05, 0) is 30.0 Å². The van der Waals surface area contributed by atoms with E-state index in [4.69, 9.17) is 0 Å². The Bertz CT molecular complexity index is 1000. The van der Waals surface area contributed by atoms with Gasteiger partial charge in [0, 0.05) is 38.8 Å². The molecule has 0 saturated carbocycles. The second-order valence-corrected chi connectivity index (χ2v) is 10.9. The van der Waals surface area contributed by atoms with Crippen LogP contribution in [0.4, 0.5) is 4.39 Å². The van der Waals surface area contributed by atoms with E-state index in [-0.39, 0.29) is 35.8 Å². The molecule has 1 N–H and O–H groups in total. The quantitative estimate of drug-likeness (QED) is 0.547. The van der Waals surface area contributed by atoms with E-state index >= 15 is 0 Å². The molecule has 1 aliphatic rings. The molecule has 0 bridgehead atoms. The number of carbonyl (C=O) groups is 1. The van der Waals surface area contributed by atoms with Gasteiger partial charge >= 0.3 is 0 Å². The van der Waals surface area contributed by atoms with E-state index in [0.717, 1.165) is 24.8 Å². The third-order valence-corrected chi connectivity index (χ3v) is 7.68. The van der Waals surface area contributed by atoms with Crippen LogP contribution in [0.3, 0.4) is 0 Å². The highest BCUT2D eigenvalue weighted by molar-refractivity contribution is 7.89. The molecule has 7 nitrogen and oxygen atoms in total. The number of carbonyl (C=O) groups excluding carboxylic acids is 1. The van der Waals surface area contributed by atoms with Crippen molar-refractivity contribution < 1.29 is 17.6 Å². The Morgan fingerprint density at radius 1 is 1.19 bits per heavy atom. The van der Waals surface area contributed by atoms with Gasteiger partial charge in [0.1, 0.15) is 5.82 Å². The summed E-state index contributed by atoms with van der Waals surface area (Å²) < 4.78 is 42.5. The lowest BCUT2D eigenvalue weighted by molar-refractivity contribution is -0.124.